The molecule has 0 saturated carbocycles. The summed E-state index contributed by atoms with van der Waals surface area (Å²) in [5.41, 5.74) is 2.71. The minimum absolute atomic E-state index is 0.0621. The summed E-state index contributed by atoms with van der Waals surface area (Å²) in [6.07, 6.45) is 0.685. The number of carbonyl (C=O) groups is 1. The first kappa shape index (κ1) is 17.2. The van der Waals surface area contributed by atoms with E-state index in [0.29, 0.717) is 0 Å². The largest absolute Gasteiger partial charge is 0.364 e. The molecule has 1 amide bonds. The van der Waals surface area contributed by atoms with Gasteiger partial charge in [-0.15, -0.1) is 0 Å². The van der Waals surface area contributed by atoms with E-state index in [9.17, 15) is 9.18 Å². The second kappa shape index (κ2) is 6.82. The summed E-state index contributed by atoms with van der Waals surface area (Å²) in [7, 11) is 0. The van der Waals surface area contributed by atoms with Crippen LogP contribution in [0.15, 0.2) is 48.5 Å². The molecule has 2 fully saturated rings. The van der Waals surface area contributed by atoms with Crippen LogP contribution in [-0.4, -0.2) is 36.6 Å². The minimum Gasteiger partial charge on any atom is -0.364 e. The monoisotopic (exact) mass is 354 g/mol. The fourth-order valence-corrected chi connectivity index (χ4v) is 4.14. The van der Waals surface area contributed by atoms with E-state index in [1.54, 1.807) is 6.07 Å². The predicted octanol–water partition coefficient (Wildman–Crippen LogP) is 2.75. The Morgan fingerprint density at radius 2 is 2.08 bits per heavy atom. The summed E-state index contributed by atoms with van der Waals surface area (Å²) in [6, 6.07) is 15.0. The molecule has 0 bridgehead atoms. The zero-order valence-corrected chi connectivity index (χ0v) is 14.9. The number of piperidine rings is 1. The Hall–Kier alpha value is -2.24. The molecule has 1 N–H and O–H groups in total. The standard InChI is InChI=1S/C21H23FN2O2/c1-15-11-18(22)8-7-16(15)12-24-10-9-21(17-5-3-2-4-6-17)19(13-24)26-14-20(25)23-21/h2-8,11,19H,9-10,12-14H2,1H3,(H,23,25)/t19-,21+/m1/s1. The summed E-state index contributed by atoms with van der Waals surface area (Å²) in [5, 5.41) is 3.21. The number of fused-ring (bicyclic) bond motifs is 1. The number of nitrogens with zero attached hydrogens (tertiary/aromatic N) is 1. The first-order chi connectivity index (χ1) is 12.6. The van der Waals surface area contributed by atoms with Crippen molar-refractivity contribution < 1.29 is 13.9 Å². The molecule has 0 aromatic heterocycles. The average molecular weight is 354 g/mol. The highest BCUT2D eigenvalue weighted by molar-refractivity contribution is 5.79. The van der Waals surface area contributed by atoms with E-state index >= 15 is 0 Å². The van der Waals surface area contributed by atoms with Crippen LogP contribution in [-0.2, 0) is 21.6 Å². The zero-order valence-electron chi connectivity index (χ0n) is 14.9. The fraction of sp³-hybridized carbons (Fsp3) is 0.381. The molecule has 2 heterocycles. The number of rotatable bonds is 3. The number of carbonyl (C=O) groups excluding carboxylic acids is 1. The normalized spacial score (nSPS) is 26.2. The smallest absolute Gasteiger partial charge is 0.246 e. The van der Waals surface area contributed by atoms with Crippen LogP contribution in [0, 0.1) is 12.7 Å². The van der Waals surface area contributed by atoms with Crippen molar-refractivity contribution in [3.05, 3.63) is 71.0 Å². The molecule has 2 atom stereocenters. The summed E-state index contributed by atoms with van der Waals surface area (Å²) in [4.78, 5) is 14.4. The maximum absolute atomic E-state index is 13.3. The lowest BCUT2D eigenvalue weighted by Crippen LogP contribution is -2.66. The number of ether oxygens (including phenoxy) is 1. The van der Waals surface area contributed by atoms with Crippen molar-refractivity contribution in [2.75, 3.05) is 19.7 Å². The number of benzene rings is 2. The van der Waals surface area contributed by atoms with E-state index in [0.717, 1.165) is 42.7 Å². The molecule has 26 heavy (non-hydrogen) atoms. The van der Waals surface area contributed by atoms with Gasteiger partial charge in [0, 0.05) is 19.6 Å². The van der Waals surface area contributed by atoms with Crippen molar-refractivity contribution in [2.24, 2.45) is 0 Å². The Morgan fingerprint density at radius 1 is 1.27 bits per heavy atom. The van der Waals surface area contributed by atoms with Crippen LogP contribution in [0.4, 0.5) is 4.39 Å². The van der Waals surface area contributed by atoms with Crippen LogP contribution in [0.2, 0.25) is 0 Å². The van der Waals surface area contributed by atoms with E-state index < -0.39 is 5.54 Å². The maximum atomic E-state index is 13.3. The Labute approximate surface area is 153 Å². The summed E-state index contributed by atoms with van der Waals surface area (Å²) in [5.74, 6) is -0.265. The molecule has 136 valence electrons. The van der Waals surface area contributed by atoms with E-state index in [4.69, 9.17) is 4.74 Å². The molecular formula is C21H23FN2O2. The number of amides is 1. The highest BCUT2D eigenvalue weighted by Gasteiger charge is 2.48. The number of likely N-dealkylation sites (tertiary alicyclic amines) is 1. The Morgan fingerprint density at radius 3 is 2.85 bits per heavy atom. The van der Waals surface area contributed by atoms with Gasteiger partial charge in [0.05, 0.1) is 11.6 Å². The number of morpholine rings is 1. The van der Waals surface area contributed by atoms with Gasteiger partial charge in [-0.05, 0) is 42.2 Å². The summed E-state index contributed by atoms with van der Waals surface area (Å²) < 4.78 is 19.3. The number of hydrogen-bond acceptors (Lipinski definition) is 3. The molecule has 2 aromatic rings. The molecular weight excluding hydrogens is 331 g/mol. The third-order valence-electron chi connectivity index (χ3n) is 5.56. The number of nitrogens with one attached hydrogen (secondary N) is 1. The average Bonchev–Trinajstić information content (AvgIpc) is 2.65. The van der Waals surface area contributed by atoms with Crippen LogP contribution in [0.1, 0.15) is 23.1 Å². The maximum Gasteiger partial charge on any atom is 0.246 e. The summed E-state index contributed by atoms with van der Waals surface area (Å²) in [6.45, 7) is 4.36. The van der Waals surface area contributed by atoms with Crippen molar-refractivity contribution >= 4 is 5.91 Å². The molecule has 0 unspecified atom stereocenters. The Balaban J connectivity index is 1.56. The highest BCUT2D eigenvalue weighted by Crippen LogP contribution is 2.37. The lowest BCUT2D eigenvalue weighted by Gasteiger charge is -2.50. The van der Waals surface area contributed by atoms with Crippen molar-refractivity contribution in [3.63, 3.8) is 0 Å². The van der Waals surface area contributed by atoms with Crippen LogP contribution in [0.25, 0.3) is 0 Å². The van der Waals surface area contributed by atoms with Crippen molar-refractivity contribution in [1.82, 2.24) is 10.2 Å². The van der Waals surface area contributed by atoms with Crippen molar-refractivity contribution in [1.29, 1.82) is 0 Å². The molecule has 2 saturated heterocycles. The highest BCUT2D eigenvalue weighted by atomic mass is 19.1. The van der Waals surface area contributed by atoms with Gasteiger partial charge >= 0.3 is 0 Å². The first-order valence-electron chi connectivity index (χ1n) is 9.02. The Bertz CT molecular complexity index is 811. The van der Waals surface area contributed by atoms with E-state index in [1.165, 1.54) is 6.07 Å². The topological polar surface area (TPSA) is 41.6 Å². The molecule has 4 rings (SSSR count). The van der Waals surface area contributed by atoms with Gasteiger partial charge in [-0.3, -0.25) is 9.69 Å². The van der Waals surface area contributed by atoms with Gasteiger partial charge in [-0.25, -0.2) is 4.39 Å². The molecule has 4 nitrogen and oxygen atoms in total. The Kier molecular flexibility index (Phi) is 4.51. The van der Waals surface area contributed by atoms with Crippen LogP contribution in [0.3, 0.4) is 0 Å². The molecule has 2 aliphatic heterocycles. The molecule has 0 aliphatic carbocycles. The van der Waals surface area contributed by atoms with E-state index in [1.807, 2.05) is 31.2 Å². The van der Waals surface area contributed by atoms with Gasteiger partial charge < -0.3 is 10.1 Å². The quantitative estimate of drug-likeness (QED) is 0.922. The minimum atomic E-state index is -0.467. The SMILES string of the molecule is Cc1cc(F)ccc1CN1CC[C@@]2(c3ccccc3)NC(=O)CO[C@@H]2C1. The van der Waals surface area contributed by atoms with Crippen LogP contribution in [0.5, 0.6) is 0 Å². The van der Waals surface area contributed by atoms with Crippen molar-refractivity contribution in [3.8, 4) is 0 Å². The van der Waals surface area contributed by atoms with Crippen LogP contribution < -0.4 is 5.32 Å². The fourth-order valence-electron chi connectivity index (χ4n) is 4.14. The van der Waals surface area contributed by atoms with Gasteiger partial charge in [0.15, 0.2) is 0 Å². The van der Waals surface area contributed by atoms with Gasteiger partial charge in [-0.1, -0.05) is 36.4 Å². The third kappa shape index (κ3) is 3.13. The molecule has 0 spiro atoms. The number of hydrogen-bond donors (Lipinski definition) is 1. The molecule has 2 aliphatic rings. The van der Waals surface area contributed by atoms with Crippen LogP contribution >= 0.6 is 0 Å². The second-order valence-electron chi connectivity index (χ2n) is 7.24. The van der Waals surface area contributed by atoms with Gasteiger partial charge in [-0.2, -0.15) is 0 Å². The molecule has 0 radical (unpaired) electrons. The predicted molar refractivity (Wildman–Crippen MR) is 97.0 cm³/mol. The second-order valence-corrected chi connectivity index (χ2v) is 7.24. The summed E-state index contributed by atoms with van der Waals surface area (Å²) >= 11 is 0. The van der Waals surface area contributed by atoms with Crippen molar-refractivity contribution in [2.45, 2.75) is 31.5 Å². The van der Waals surface area contributed by atoms with Gasteiger partial charge in [0.1, 0.15) is 12.4 Å². The number of aryl methyl sites for hydroxylation is 1. The molecule has 5 heteroatoms. The lowest BCUT2D eigenvalue weighted by molar-refractivity contribution is -0.152. The first-order valence-corrected chi connectivity index (χ1v) is 9.02. The third-order valence-corrected chi connectivity index (χ3v) is 5.56. The van der Waals surface area contributed by atoms with E-state index in [-0.39, 0.29) is 24.4 Å². The van der Waals surface area contributed by atoms with Gasteiger partial charge in [0.25, 0.3) is 0 Å². The number of halogens is 1. The van der Waals surface area contributed by atoms with E-state index in [2.05, 4.69) is 22.3 Å². The molecule has 2 aromatic carbocycles. The zero-order chi connectivity index (χ0) is 18.1. The van der Waals surface area contributed by atoms with Gasteiger partial charge in [0.2, 0.25) is 5.91 Å². The lowest BCUT2D eigenvalue weighted by atomic mass is 9.77.